The van der Waals surface area contributed by atoms with Gasteiger partial charge in [0.15, 0.2) is 17.3 Å². The maximum absolute atomic E-state index is 13.0. The largest absolute Gasteiger partial charge is 0.497 e. The van der Waals surface area contributed by atoms with E-state index in [1.54, 1.807) is 36.1 Å². The number of benzene rings is 3. The van der Waals surface area contributed by atoms with Crippen molar-refractivity contribution in [3.05, 3.63) is 90.1 Å². The number of para-hydroxylation sites is 1. The van der Waals surface area contributed by atoms with Gasteiger partial charge in [-0.1, -0.05) is 18.2 Å². The monoisotopic (exact) mass is 454 g/mol. The van der Waals surface area contributed by atoms with Crippen molar-refractivity contribution in [1.82, 2.24) is 9.78 Å². The first-order valence-corrected chi connectivity index (χ1v) is 10.7. The maximum Gasteiger partial charge on any atom is 0.231 e. The number of nitrogens with zero attached hydrogens (tertiary/aromatic N) is 2. The summed E-state index contributed by atoms with van der Waals surface area (Å²) >= 11 is 0. The van der Waals surface area contributed by atoms with Crippen molar-refractivity contribution in [2.24, 2.45) is 0 Å². The second-order valence-electron chi connectivity index (χ2n) is 7.55. The van der Waals surface area contributed by atoms with Crippen LogP contribution < -0.4 is 18.9 Å². The topological polar surface area (TPSA) is 71.8 Å². The molecule has 34 heavy (non-hydrogen) atoms. The Bertz CT molecular complexity index is 1380. The SMILES string of the molecule is COc1ccc(C(=O)/C=C/c2cn(-c3ccccc3)nc2-c2ccc3c(c2)OCO3)c(OC)c1. The molecule has 1 aliphatic rings. The smallest absolute Gasteiger partial charge is 0.231 e. The normalized spacial score (nSPS) is 12.2. The highest BCUT2D eigenvalue weighted by Crippen LogP contribution is 2.37. The fourth-order valence-corrected chi connectivity index (χ4v) is 3.75. The quantitative estimate of drug-likeness (QED) is 0.283. The van der Waals surface area contributed by atoms with Crippen LogP contribution in [0, 0.1) is 0 Å². The Morgan fingerprint density at radius 3 is 2.59 bits per heavy atom. The van der Waals surface area contributed by atoms with Crippen molar-refractivity contribution in [3.8, 4) is 39.9 Å². The van der Waals surface area contributed by atoms with Gasteiger partial charge in [0, 0.05) is 23.4 Å². The lowest BCUT2D eigenvalue weighted by atomic mass is 10.0. The molecule has 7 heteroatoms. The summed E-state index contributed by atoms with van der Waals surface area (Å²) in [5.41, 5.74) is 3.71. The summed E-state index contributed by atoms with van der Waals surface area (Å²) in [5.74, 6) is 2.24. The second-order valence-corrected chi connectivity index (χ2v) is 7.55. The Morgan fingerprint density at radius 1 is 0.971 bits per heavy atom. The first kappa shape index (κ1) is 21.3. The summed E-state index contributed by atoms with van der Waals surface area (Å²) in [6.45, 7) is 0.197. The van der Waals surface area contributed by atoms with Crippen LogP contribution in [0.1, 0.15) is 15.9 Å². The van der Waals surface area contributed by atoms with Crippen molar-refractivity contribution in [1.29, 1.82) is 0 Å². The van der Waals surface area contributed by atoms with Gasteiger partial charge in [-0.3, -0.25) is 4.79 Å². The third kappa shape index (κ3) is 4.11. The molecule has 4 aromatic rings. The fraction of sp³-hybridized carbons (Fsp3) is 0.111. The van der Waals surface area contributed by atoms with E-state index < -0.39 is 0 Å². The molecule has 0 amide bonds. The molecule has 7 nitrogen and oxygen atoms in total. The zero-order chi connectivity index (χ0) is 23.5. The summed E-state index contributed by atoms with van der Waals surface area (Å²) < 4.78 is 23.4. The maximum atomic E-state index is 13.0. The van der Waals surface area contributed by atoms with Crippen LogP contribution in [-0.2, 0) is 0 Å². The molecule has 0 fully saturated rings. The summed E-state index contributed by atoms with van der Waals surface area (Å²) in [6, 6.07) is 20.6. The van der Waals surface area contributed by atoms with E-state index in [4.69, 9.17) is 24.0 Å². The molecule has 1 aliphatic heterocycles. The predicted molar refractivity (Wildman–Crippen MR) is 128 cm³/mol. The molecule has 0 saturated heterocycles. The Balaban J connectivity index is 1.53. The van der Waals surface area contributed by atoms with Crippen LogP contribution in [0.4, 0.5) is 0 Å². The number of fused-ring (bicyclic) bond motifs is 1. The number of ether oxygens (including phenoxy) is 4. The van der Waals surface area contributed by atoms with Crippen LogP contribution >= 0.6 is 0 Å². The highest BCUT2D eigenvalue weighted by molar-refractivity contribution is 6.09. The Hall–Kier alpha value is -4.52. The van der Waals surface area contributed by atoms with Gasteiger partial charge in [0.05, 0.1) is 25.5 Å². The molecule has 5 rings (SSSR count). The number of hydrogen-bond donors (Lipinski definition) is 0. The number of hydrogen-bond acceptors (Lipinski definition) is 6. The molecule has 0 bridgehead atoms. The zero-order valence-corrected chi connectivity index (χ0v) is 18.7. The van der Waals surface area contributed by atoms with Crippen molar-refractivity contribution in [3.63, 3.8) is 0 Å². The Labute approximate surface area is 196 Å². The van der Waals surface area contributed by atoms with Gasteiger partial charge in [-0.25, -0.2) is 4.68 Å². The minimum absolute atomic E-state index is 0.191. The Morgan fingerprint density at radius 2 is 1.79 bits per heavy atom. The van der Waals surface area contributed by atoms with E-state index in [1.807, 2.05) is 54.7 Å². The third-order valence-corrected chi connectivity index (χ3v) is 5.50. The third-order valence-electron chi connectivity index (χ3n) is 5.50. The minimum atomic E-state index is -0.191. The average molecular weight is 454 g/mol. The van der Waals surface area contributed by atoms with Crippen LogP contribution in [0.5, 0.6) is 23.0 Å². The van der Waals surface area contributed by atoms with Crippen LogP contribution in [0.15, 0.2) is 79.0 Å². The van der Waals surface area contributed by atoms with Crippen molar-refractivity contribution in [2.45, 2.75) is 0 Å². The molecule has 0 aliphatic carbocycles. The van der Waals surface area contributed by atoms with Crippen LogP contribution in [0.25, 0.3) is 23.0 Å². The summed E-state index contributed by atoms with van der Waals surface area (Å²) in [4.78, 5) is 13.0. The molecule has 0 saturated carbocycles. The average Bonchev–Trinajstić information content (AvgIpc) is 3.54. The van der Waals surface area contributed by atoms with E-state index >= 15 is 0 Å². The van der Waals surface area contributed by atoms with Crippen molar-refractivity contribution < 1.29 is 23.7 Å². The van der Waals surface area contributed by atoms with E-state index in [2.05, 4.69) is 0 Å². The minimum Gasteiger partial charge on any atom is -0.497 e. The lowest BCUT2D eigenvalue weighted by Gasteiger charge is -2.07. The number of rotatable bonds is 7. The van der Waals surface area contributed by atoms with E-state index in [9.17, 15) is 4.79 Å². The fourth-order valence-electron chi connectivity index (χ4n) is 3.75. The number of allylic oxidation sites excluding steroid dienone is 1. The van der Waals surface area contributed by atoms with Gasteiger partial charge < -0.3 is 18.9 Å². The molecule has 1 aromatic heterocycles. The highest BCUT2D eigenvalue weighted by Gasteiger charge is 2.18. The molecule has 0 atom stereocenters. The summed E-state index contributed by atoms with van der Waals surface area (Å²) in [5, 5.41) is 4.80. The summed E-state index contributed by atoms with van der Waals surface area (Å²) in [6.07, 6.45) is 5.18. The van der Waals surface area contributed by atoms with Gasteiger partial charge >= 0.3 is 0 Å². The number of carbonyl (C=O) groups is 1. The van der Waals surface area contributed by atoms with Gasteiger partial charge in [-0.05, 0) is 54.6 Å². The molecular formula is C27H22N2O5. The van der Waals surface area contributed by atoms with Crippen LogP contribution in [-0.4, -0.2) is 36.6 Å². The number of aromatic nitrogens is 2. The molecule has 3 aromatic carbocycles. The summed E-state index contributed by atoms with van der Waals surface area (Å²) in [7, 11) is 3.09. The zero-order valence-electron chi connectivity index (χ0n) is 18.7. The Kier molecular flexibility index (Phi) is 5.74. The lowest BCUT2D eigenvalue weighted by molar-refractivity contribution is 0.104. The lowest BCUT2D eigenvalue weighted by Crippen LogP contribution is -1.99. The number of ketones is 1. The number of methoxy groups -OCH3 is 2. The molecule has 0 unspecified atom stereocenters. The highest BCUT2D eigenvalue weighted by atomic mass is 16.7. The second kappa shape index (κ2) is 9.15. The molecule has 0 radical (unpaired) electrons. The van der Waals surface area contributed by atoms with Gasteiger partial charge in [-0.2, -0.15) is 5.10 Å². The first-order chi connectivity index (χ1) is 16.7. The van der Waals surface area contributed by atoms with Gasteiger partial charge in [-0.15, -0.1) is 0 Å². The molecule has 0 spiro atoms. The van der Waals surface area contributed by atoms with E-state index in [-0.39, 0.29) is 12.6 Å². The van der Waals surface area contributed by atoms with Crippen LogP contribution in [0.3, 0.4) is 0 Å². The first-order valence-electron chi connectivity index (χ1n) is 10.7. The van der Waals surface area contributed by atoms with Crippen LogP contribution in [0.2, 0.25) is 0 Å². The van der Waals surface area contributed by atoms with E-state index in [0.29, 0.717) is 34.3 Å². The molecule has 2 heterocycles. The molecule has 0 N–H and O–H groups in total. The number of carbonyl (C=O) groups excluding carboxylic acids is 1. The van der Waals surface area contributed by atoms with E-state index in [1.165, 1.54) is 13.2 Å². The van der Waals surface area contributed by atoms with E-state index in [0.717, 1.165) is 16.8 Å². The molecular weight excluding hydrogens is 432 g/mol. The van der Waals surface area contributed by atoms with Gasteiger partial charge in [0.2, 0.25) is 6.79 Å². The van der Waals surface area contributed by atoms with Crippen molar-refractivity contribution >= 4 is 11.9 Å². The van der Waals surface area contributed by atoms with Crippen molar-refractivity contribution in [2.75, 3.05) is 21.0 Å². The standard InChI is InChI=1S/C27H22N2O5/c1-31-21-10-11-22(25(15-21)32-2)23(30)12-8-19-16-29(20-6-4-3-5-7-20)28-27(19)18-9-13-24-26(14-18)34-17-33-24/h3-16H,17H2,1-2H3/b12-8+. The predicted octanol–water partition coefficient (Wildman–Crippen LogP) is 5.18. The molecule has 170 valence electrons. The van der Waals surface area contributed by atoms with Gasteiger partial charge in [0.1, 0.15) is 17.2 Å². The van der Waals surface area contributed by atoms with Gasteiger partial charge in [0.25, 0.3) is 0 Å².